The van der Waals surface area contributed by atoms with E-state index < -0.39 is 0 Å². The Balaban J connectivity index is 1.54. The van der Waals surface area contributed by atoms with Crippen molar-refractivity contribution >= 4 is 32.7 Å². The van der Waals surface area contributed by atoms with Crippen LogP contribution in [0, 0.1) is 0 Å². The van der Waals surface area contributed by atoms with Crippen LogP contribution in [0.1, 0.15) is 25.2 Å². The van der Waals surface area contributed by atoms with Gasteiger partial charge in [0, 0.05) is 29.7 Å². The van der Waals surface area contributed by atoms with E-state index in [1.807, 2.05) is 18.6 Å². The lowest BCUT2D eigenvalue weighted by atomic mass is 10.1. The molecule has 36 heavy (non-hydrogen) atoms. The zero-order chi connectivity index (χ0) is 24.2. The summed E-state index contributed by atoms with van der Waals surface area (Å²) in [6, 6.07) is 23.9. The molecule has 4 aromatic heterocycles. The van der Waals surface area contributed by atoms with E-state index in [0.29, 0.717) is 0 Å². The minimum atomic E-state index is 0.904. The fraction of sp³-hybridized carbons (Fsp3) is 0.133. The Hall–Kier alpha value is -4.58. The lowest BCUT2D eigenvalue weighted by molar-refractivity contribution is 0.721. The van der Waals surface area contributed by atoms with Gasteiger partial charge in [0.2, 0.25) is 0 Å². The van der Waals surface area contributed by atoms with Crippen LogP contribution in [-0.4, -0.2) is 28.9 Å². The van der Waals surface area contributed by atoms with Crippen molar-refractivity contribution in [2.24, 2.45) is 0 Å². The summed E-state index contributed by atoms with van der Waals surface area (Å²) in [6.07, 6.45) is 9.94. The number of rotatable bonds is 5. The predicted octanol–water partition coefficient (Wildman–Crippen LogP) is 6.76. The van der Waals surface area contributed by atoms with E-state index >= 15 is 0 Å². The summed E-state index contributed by atoms with van der Waals surface area (Å²) >= 11 is 0. The standard InChI is InChI=1S/C30H26N6/c1-3-22-17-34(19-32-22)24-14-25(35-18-23(4-2)33-35)16-26(15-24)36-28-10-7-11-31-30(28)27-12-20-8-5-6-9-21(20)13-29(27)36/h5-19,33H,3-4H2,1-2H3. The molecule has 0 aliphatic heterocycles. The summed E-state index contributed by atoms with van der Waals surface area (Å²) in [6.45, 7) is 4.29. The first kappa shape index (κ1) is 20.8. The average molecular weight is 471 g/mol. The van der Waals surface area contributed by atoms with Crippen molar-refractivity contribution in [1.29, 1.82) is 0 Å². The molecule has 7 aromatic rings. The smallest absolute Gasteiger partial charge is 0.0995 e. The molecular weight excluding hydrogens is 444 g/mol. The second kappa shape index (κ2) is 7.99. The molecule has 0 aliphatic rings. The summed E-state index contributed by atoms with van der Waals surface area (Å²) in [7, 11) is 0. The number of fused-ring (bicyclic) bond motifs is 4. The third-order valence-corrected chi connectivity index (χ3v) is 7.04. The molecule has 1 N–H and O–H groups in total. The minimum Gasteiger partial charge on any atom is -0.307 e. The highest BCUT2D eigenvalue weighted by Crippen LogP contribution is 2.35. The summed E-state index contributed by atoms with van der Waals surface area (Å²) in [5, 5.41) is 7.05. The monoisotopic (exact) mass is 470 g/mol. The molecule has 3 aromatic carbocycles. The second-order valence-corrected chi connectivity index (χ2v) is 9.25. The number of hydrogen-bond acceptors (Lipinski definition) is 2. The lowest BCUT2D eigenvalue weighted by Crippen LogP contribution is -2.11. The first-order valence-electron chi connectivity index (χ1n) is 12.4. The molecule has 0 spiro atoms. The van der Waals surface area contributed by atoms with Crippen molar-refractivity contribution in [2.45, 2.75) is 26.7 Å². The van der Waals surface area contributed by atoms with Gasteiger partial charge in [-0.05, 0) is 66.1 Å². The van der Waals surface area contributed by atoms with Gasteiger partial charge in [0.1, 0.15) is 0 Å². The number of imidazole rings is 1. The van der Waals surface area contributed by atoms with Gasteiger partial charge in [-0.3, -0.25) is 14.8 Å². The van der Waals surface area contributed by atoms with E-state index in [0.717, 1.165) is 57.5 Å². The quantitative estimate of drug-likeness (QED) is 0.302. The maximum Gasteiger partial charge on any atom is 0.0995 e. The van der Waals surface area contributed by atoms with E-state index in [1.165, 1.54) is 16.5 Å². The van der Waals surface area contributed by atoms with Crippen molar-refractivity contribution in [2.75, 3.05) is 0 Å². The van der Waals surface area contributed by atoms with Crippen LogP contribution >= 0.6 is 0 Å². The Morgan fingerprint density at radius 1 is 0.750 bits per heavy atom. The van der Waals surface area contributed by atoms with E-state index in [1.54, 1.807) is 0 Å². The maximum atomic E-state index is 4.79. The third-order valence-electron chi connectivity index (χ3n) is 7.04. The van der Waals surface area contributed by atoms with Gasteiger partial charge in [-0.25, -0.2) is 4.98 Å². The summed E-state index contributed by atoms with van der Waals surface area (Å²) in [4.78, 5) is 9.37. The maximum absolute atomic E-state index is 4.79. The molecule has 6 heteroatoms. The average Bonchev–Trinajstić information content (AvgIpc) is 3.49. The Morgan fingerprint density at radius 2 is 1.53 bits per heavy atom. The molecular formula is C30H26N6. The number of nitrogens with zero attached hydrogens (tertiary/aromatic N) is 5. The van der Waals surface area contributed by atoms with Crippen molar-refractivity contribution in [3.8, 4) is 17.1 Å². The molecule has 176 valence electrons. The molecule has 0 fully saturated rings. The van der Waals surface area contributed by atoms with Gasteiger partial charge in [0.25, 0.3) is 0 Å². The number of pyridine rings is 1. The van der Waals surface area contributed by atoms with Crippen molar-refractivity contribution in [1.82, 2.24) is 28.9 Å². The number of nitrogens with one attached hydrogen (secondary N) is 1. The zero-order valence-corrected chi connectivity index (χ0v) is 20.3. The first-order valence-corrected chi connectivity index (χ1v) is 12.4. The molecule has 0 amide bonds. The van der Waals surface area contributed by atoms with Crippen molar-refractivity contribution in [3.63, 3.8) is 0 Å². The second-order valence-electron chi connectivity index (χ2n) is 9.25. The number of aryl methyl sites for hydroxylation is 2. The van der Waals surface area contributed by atoms with Gasteiger partial charge >= 0.3 is 0 Å². The van der Waals surface area contributed by atoms with Crippen molar-refractivity contribution < 1.29 is 0 Å². The molecule has 4 heterocycles. The van der Waals surface area contributed by atoms with Gasteiger partial charge < -0.3 is 9.13 Å². The van der Waals surface area contributed by atoms with Crippen LogP contribution in [0.25, 0.3) is 49.8 Å². The van der Waals surface area contributed by atoms with Gasteiger partial charge in [-0.2, -0.15) is 0 Å². The highest BCUT2D eigenvalue weighted by Gasteiger charge is 2.16. The van der Waals surface area contributed by atoms with Crippen LogP contribution in [0.4, 0.5) is 0 Å². The molecule has 0 radical (unpaired) electrons. The largest absolute Gasteiger partial charge is 0.307 e. The predicted molar refractivity (Wildman–Crippen MR) is 146 cm³/mol. The van der Waals surface area contributed by atoms with Gasteiger partial charge in [-0.15, -0.1) is 0 Å². The first-order chi connectivity index (χ1) is 17.7. The summed E-state index contributed by atoms with van der Waals surface area (Å²) in [5.41, 5.74) is 8.77. The van der Waals surface area contributed by atoms with Crippen LogP contribution in [0.5, 0.6) is 0 Å². The highest BCUT2D eigenvalue weighted by atomic mass is 15.3. The minimum absolute atomic E-state index is 0.904. The van der Waals surface area contributed by atoms with Crippen LogP contribution in [0.15, 0.2) is 91.6 Å². The Bertz CT molecular complexity index is 1860. The normalized spacial score (nSPS) is 11.8. The Kier molecular flexibility index (Phi) is 4.61. The Morgan fingerprint density at radius 3 is 2.31 bits per heavy atom. The Labute approximate surface area is 208 Å². The number of aromatic amines is 1. The fourth-order valence-electron chi connectivity index (χ4n) is 5.09. The number of benzene rings is 3. The van der Waals surface area contributed by atoms with E-state index in [4.69, 9.17) is 4.98 Å². The molecule has 0 aliphatic carbocycles. The molecule has 7 rings (SSSR count). The molecule has 0 unspecified atom stereocenters. The number of aromatic nitrogens is 6. The fourth-order valence-corrected chi connectivity index (χ4v) is 5.09. The molecule has 0 bridgehead atoms. The van der Waals surface area contributed by atoms with E-state index in [-0.39, 0.29) is 0 Å². The zero-order valence-electron chi connectivity index (χ0n) is 20.3. The highest BCUT2D eigenvalue weighted by molar-refractivity contribution is 6.11. The number of hydrogen-bond donors (Lipinski definition) is 1. The van der Waals surface area contributed by atoms with Gasteiger partial charge in [0.05, 0.1) is 45.6 Å². The summed E-state index contributed by atoms with van der Waals surface area (Å²) < 4.78 is 6.53. The van der Waals surface area contributed by atoms with E-state index in [9.17, 15) is 0 Å². The lowest BCUT2D eigenvalue weighted by Gasteiger charge is -2.18. The van der Waals surface area contributed by atoms with Crippen LogP contribution in [-0.2, 0) is 12.8 Å². The summed E-state index contributed by atoms with van der Waals surface area (Å²) in [5.74, 6) is 0. The van der Waals surface area contributed by atoms with Crippen LogP contribution in [0.3, 0.4) is 0 Å². The van der Waals surface area contributed by atoms with E-state index in [2.05, 4.69) is 111 Å². The molecule has 0 saturated heterocycles. The SMILES string of the molecule is CCc1cn(-c2cc(-n3cc(CC)[nH]3)cc(-n3c4cc5ccccc5cc4c4ncccc43)c2)cn1. The van der Waals surface area contributed by atoms with Crippen LogP contribution in [0.2, 0.25) is 0 Å². The van der Waals surface area contributed by atoms with Gasteiger partial charge in [0.15, 0.2) is 0 Å². The molecule has 6 nitrogen and oxygen atoms in total. The topological polar surface area (TPSA) is 56.4 Å². The number of H-pyrrole nitrogens is 1. The molecule has 0 atom stereocenters. The third kappa shape index (κ3) is 3.18. The van der Waals surface area contributed by atoms with Crippen molar-refractivity contribution in [3.05, 3.63) is 103 Å². The van der Waals surface area contributed by atoms with Gasteiger partial charge in [-0.1, -0.05) is 38.1 Å². The van der Waals surface area contributed by atoms with Crippen LogP contribution < -0.4 is 0 Å². The molecule has 0 saturated carbocycles.